The average molecular weight is 323 g/mol. The van der Waals surface area contributed by atoms with Gasteiger partial charge in [0.25, 0.3) is 5.91 Å². The van der Waals surface area contributed by atoms with Gasteiger partial charge in [-0.1, -0.05) is 18.2 Å². The smallest absolute Gasteiger partial charge is 0.255 e. The van der Waals surface area contributed by atoms with Crippen LogP contribution in [0.4, 0.5) is 0 Å². The van der Waals surface area contributed by atoms with Gasteiger partial charge in [0, 0.05) is 25.5 Å². The minimum absolute atomic E-state index is 0.0763. The van der Waals surface area contributed by atoms with Crippen molar-refractivity contribution in [1.29, 1.82) is 0 Å². The maximum absolute atomic E-state index is 12.5. The average Bonchev–Trinajstić information content (AvgIpc) is 3.20. The zero-order valence-corrected chi connectivity index (χ0v) is 13.9. The van der Waals surface area contributed by atoms with Gasteiger partial charge in [0.15, 0.2) is 0 Å². The number of hydrogen-bond donors (Lipinski definition) is 1. The second kappa shape index (κ2) is 7.12. The van der Waals surface area contributed by atoms with Gasteiger partial charge >= 0.3 is 0 Å². The van der Waals surface area contributed by atoms with Gasteiger partial charge in [-0.25, -0.2) is 4.68 Å². The van der Waals surface area contributed by atoms with Crippen LogP contribution in [-0.2, 0) is 6.54 Å². The summed E-state index contributed by atoms with van der Waals surface area (Å²) in [5, 5.41) is 11.6. The molecule has 0 aliphatic heterocycles. The number of amides is 1. The number of aromatic nitrogens is 4. The SMILES string of the molecule is Cc1nn(-c2ccccc2)c(C)c1C(=O)NCCCn1cccn1. The zero-order valence-electron chi connectivity index (χ0n) is 13.9. The van der Waals surface area contributed by atoms with E-state index in [0.29, 0.717) is 12.1 Å². The number of aryl methyl sites for hydroxylation is 2. The Hall–Kier alpha value is -2.89. The number of nitrogens with one attached hydrogen (secondary N) is 1. The lowest BCUT2D eigenvalue weighted by Crippen LogP contribution is -2.26. The first-order valence-corrected chi connectivity index (χ1v) is 8.04. The van der Waals surface area contributed by atoms with E-state index >= 15 is 0 Å². The molecule has 2 heterocycles. The summed E-state index contributed by atoms with van der Waals surface area (Å²) in [5.74, 6) is -0.0763. The number of hydrogen-bond acceptors (Lipinski definition) is 3. The van der Waals surface area contributed by atoms with Gasteiger partial charge in [0.1, 0.15) is 0 Å². The zero-order chi connectivity index (χ0) is 16.9. The molecule has 1 N–H and O–H groups in total. The Kier molecular flexibility index (Phi) is 4.74. The van der Waals surface area contributed by atoms with E-state index in [1.54, 1.807) is 6.20 Å². The molecule has 0 aliphatic rings. The van der Waals surface area contributed by atoms with Crippen LogP contribution in [0, 0.1) is 13.8 Å². The molecule has 1 amide bonds. The van der Waals surface area contributed by atoms with E-state index in [1.165, 1.54) is 0 Å². The molecule has 6 heteroatoms. The van der Waals surface area contributed by atoms with Gasteiger partial charge in [0.2, 0.25) is 0 Å². The highest BCUT2D eigenvalue weighted by atomic mass is 16.1. The van der Waals surface area contributed by atoms with E-state index in [2.05, 4.69) is 15.5 Å². The Labute approximate surface area is 141 Å². The summed E-state index contributed by atoms with van der Waals surface area (Å²) in [7, 11) is 0. The van der Waals surface area contributed by atoms with E-state index in [1.807, 2.05) is 65.8 Å². The molecule has 0 unspecified atom stereocenters. The highest BCUT2D eigenvalue weighted by Gasteiger charge is 2.18. The fourth-order valence-electron chi connectivity index (χ4n) is 2.76. The minimum Gasteiger partial charge on any atom is -0.352 e. The van der Waals surface area contributed by atoms with E-state index in [9.17, 15) is 4.79 Å². The van der Waals surface area contributed by atoms with E-state index in [-0.39, 0.29) is 5.91 Å². The predicted octanol–water partition coefficient (Wildman–Crippen LogP) is 2.51. The van der Waals surface area contributed by atoms with Crippen molar-refractivity contribution >= 4 is 5.91 Å². The molecule has 3 aromatic rings. The monoisotopic (exact) mass is 323 g/mol. The summed E-state index contributed by atoms with van der Waals surface area (Å²) in [4.78, 5) is 12.5. The van der Waals surface area contributed by atoms with Crippen LogP contribution in [0.15, 0.2) is 48.8 Å². The van der Waals surface area contributed by atoms with E-state index < -0.39 is 0 Å². The lowest BCUT2D eigenvalue weighted by atomic mass is 10.2. The molecule has 2 aromatic heterocycles. The summed E-state index contributed by atoms with van der Waals surface area (Å²) in [6.07, 6.45) is 4.50. The number of benzene rings is 1. The largest absolute Gasteiger partial charge is 0.352 e. The minimum atomic E-state index is -0.0763. The molecule has 0 fully saturated rings. The van der Waals surface area contributed by atoms with Crippen molar-refractivity contribution in [2.45, 2.75) is 26.8 Å². The molecule has 0 atom stereocenters. The molecular formula is C18H21N5O. The Bertz CT molecular complexity index is 806. The second-order valence-corrected chi connectivity index (χ2v) is 5.67. The van der Waals surface area contributed by atoms with Gasteiger partial charge in [-0.3, -0.25) is 9.48 Å². The second-order valence-electron chi connectivity index (χ2n) is 5.67. The number of rotatable bonds is 6. The summed E-state index contributed by atoms with van der Waals surface area (Å²) in [6.45, 7) is 5.18. The molecule has 124 valence electrons. The molecule has 0 radical (unpaired) electrons. The van der Waals surface area contributed by atoms with Crippen molar-refractivity contribution < 1.29 is 4.79 Å². The Morgan fingerprint density at radius 3 is 2.67 bits per heavy atom. The molecule has 3 rings (SSSR count). The summed E-state index contributed by atoms with van der Waals surface area (Å²) < 4.78 is 3.67. The summed E-state index contributed by atoms with van der Waals surface area (Å²) >= 11 is 0. The fraction of sp³-hybridized carbons (Fsp3) is 0.278. The van der Waals surface area contributed by atoms with Crippen LogP contribution in [-0.4, -0.2) is 32.0 Å². The first-order valence-electron chi connectivity index (χ1n) is 8.04. The van der Waals surface area contributed by atoms with Crippen LogP contribution < -0.4 is 5.32 Å². The van der Waals surface area contributed by atoms with Crippen molar-refractivity contribution in [2.75, 3.05) is 6.54 Å². The fourth-order valence-corrected chi connectivity index (χ4v) is 2.76. The molecule has 0 aliphatic carbocycles. The molecular weight excluding hydrogens is 302 g/mol. The maximum Gasteiger partial charge on any atom is 0.255 e. The lowest BCUT2D eigenvalue weighted by molar-refractivity contribution is 0.0951. The van der Waals surface area contributed by atoms with Crippen LogP contribution >= 0.6 is 0 Å². The molecule has 1 aromatic carbocycles. The molecule has 6 nitrogen and oxygen atoms in total. The Morgan fingerprint density at radius 2 is 1.96 bits per heavy atom. The molecule has 0 saturated carbocycles. The van der Waals surface area contributed by atoms with Gasteiger partial charge in [-0.2, -0.15) is 10.2 Å². The van der Waals surface area contributed by atoms with Gasteiger partial charge in [0.05, 0.1) is 22.6 Å². The summed E-state index contributed by atoms with van der Waals surface area (Å²) in [5.41, 5.74) is 3.19. The van der Waals surface area contributed by atoms with Gasteiger partial charge in [-0.15, -0.1) is 0 Å². The van der Waals surface area contributed by atoms with E-state index in [4.69, 9.17) is 0 Å². The molecule has 0 spiro atoms. The van der Waals surface area contributed by atoms with Crippen molar-refractivity contribution in [2.24, 2.45) is 0 Å². The standard InChI is InChI=1S/C18H21N5O/c1-14-17(15(2)23(21-14)16-8-4-3-5-9-16)18(24)19-10-6-12-22-13-7-11-20-22/h3-5,7-9,11,13H,6,10,12H2,1-2H3,(H,19,24). The number of para-hydroxylation sites is 1. The topological polar surface area (TPSA) is 64.7 Å². The van der Waals surface area contributed by atoms with Gasteiger partial charge < -0.3 is 5.32 Å². The van der Waals surface area contributed by atoms with Crippen molar-refractivity contribution in [3.63, 3.8) is 0 Å². The van der Waals surface area contributed by atoms with Crippen molar-refractivity contribution in [1.82, 2.24) is 24.9 Å². The molecule has 24 heavy (non-hydrogen) atoms. The predicted molar refractivity (Wildman–Crippen MR) is 92.2 cm³/mol. The maximum atomic E-state index is 12.5. The van der Waals surface area contributed by atoms with Crippen LogP contribution in [0.2, 0.25) is 0 Å². The first-order chi connectivity index (χ1) is 11.7. The molecule has 0 bridgehead atoms. The highest BCUT2D eigenvalue weighted by Crippen LogP contribution is 2.17. The Morgan fingerprint density at radius 1 is 1.17 bits per heavy atom. The third kappa shape index (κ3) is 3.37. The summed E-state index contributed by atoms with van der Waals surface area (Å²) in [6, 6.07) is 11.7. The van der Waals surface area contributed by atoms with Crippen LogP contribution in [0.1, 0.15) is 28.2 Å². The van der Waals surface area contributed by atoms with Gasteiger partial charge in [-0.05, 0) is 38.5 Å². The normalized spacial score (nSPS) is 10.8. The number of carbonyl (C=O) groups is 1. The number of carbonyl (C=O) groups excluding carboxylic acids is 1. The van der Waals surface area contributed by atoms with Crippen molar-refractivity contribution in [3.05, 3.63) is 65.7 Å². The first kappa shape index (κ1) is 16.0. The Balaban J connectivity index is 1.65. The van der Waals surface area contributed by atoms with Crippen LogP contribution in [0.5, 0.6) is 0 Å². The number of nitrogens with zero attached hydrogens (tertiary/aromatic N) is 4. The van der Waals surface area contributed by atoms with Crippen molar-refractivity contribution in [3.8, 4) is 5.69 Å². The van der Waals surface area contributed by atoms with Crippen LogP contribution in [0.3, 0.4) is 0 Å². The molecule has 0 saturated heterocycles. The van der Waals surface area contributed by atoms with E-state index in [0.717, 1.165) is 30.0 Å². The highest BCUT2D eigenvalue weighted by molar-refractivity contribution is 5.96. The third-order valence-electron chi connectivity index (χ3n) is 3.93. The lowest BCUT2D eigenvalue weighted by Gasteiger charge is -2.07. The van der Waals surface area contributed by atoms with Crippen LogP contribution in [0.25, 0.3) is 5.69 Å². The quantitative estimate of drug-likeness (QED) is 0.709. The third-order valence-corrected chi connectivity index (χ3v) is 3.93.